The number of fused-ring (bicyclic) bond motifs is 5. The van der Waals surface area contributed by atoms with Gasteiger partial charge in [-0.15, -0.1) is 0 Å². The monoisotopic (exact) mass is 732 g/mol. The Morgan fingerprint density at radius 2 is 1.39 bits per heavy atom. The van der Waals surface area contributed by atoms with Crippen LogP contribution in [0.4, 0.5) is 11.4 Å². The lowest BCUT2D eigenvalue weighted by Crippen LogP contribution is -2.30. The van der Waals surface area contributed by atoms with E-state index in [1.807, 2.05) is 0 Å². The molecule has 1 fully saturated rings. The Morgan fingerprint density at radius 3 is 2.07 bits per heavy atom. The third-order valence-corrected chi connectivity index (χ3v) is 13.0. The Labute approximate surface area is 336 Å². The topological polar surface area (TPSA) is 6.48 Å². The van der Waals surface area contributed by atoms with Crippen molar-refractivity contribution in [1.82, 2.24) is 0 Å². The van der Waals surface area contributed by atoms with Crippen molar-refractivity contribution in [2.24, 2.45) is 11.8 Å². The molecule has 0 amide bonds. The van der Waals surface area contributed by atoms with Gasteiger partial charge < -0.3 is 9.80 Å². The number of nitrogens with zero attached hydrogens (tertiary/aromatic N) is 2. The Hall–Kier alpha value is -5.56. The van der Waals surface area contributed by atoms with E-state index in [-0.39, 0.29) is 22.8 Å². The van der Waals surface area contributed by atoms with Gasteiger partial charge in [-0.25, -0.2) is 0 Å². The van der Waals surface area contributed by atoms with Gasteiger partial charge in [0.15, 0.2) is 0 Å². The van der Waals surface area contributed by atoms with E-state index in [0.29, 0.717) is 5.92 Å². The molecule has 2 bridgehead atoms. The summed E-state index contributed by atoms with van der Waals surface area (Å²) in [6, 6.07) is 40.0. The zero-order chi connectivity index (χ0) is 39.0. The van der Waals surface area contributed by atoms with Crippen molar-refractivity contribution < 1.29 is 0 Å². The van der Waals surface area contributed by atoms with Crippen molar-refractivity contribution in [2.45, 2.75) is 84.1 Å². The molecule has 0 spiro atoms. The highest BCUT2D eigenvalue weighted by Gasteiger charge is 2.35. The summed E-state index contributed by atoms with van der Waals surface area (Å²) in [6.45, 7) is 18.5. The minimum atomic E-state index is -0.192. The normalized spacial score (nSPS) is 21.2. The number of benzene rings is 4. The van der Waals surface area contributed by atoms with Gasteiger partial charge >= 0.3 is 0 Å². The number of allylic oxidation sites excluding steroid dienone is 7. The van der Waals surface area contributed by atoms with Crippen LogP contribution in [0.2, 0.25) is 0 Å². The second-order valence-corrected chi connectivity index (χ2v) is 17.2. The highest BCUT2D eigenvalue weighted by molar-refractivity contribution is 5.91. The summed E-state index contributed by atoms with van der Waals surface area (Å²) in [6.07, 6.45) is 21.4. The third kappa shape index (κ3) is 6.93. The fraction of sp³-hybridized carbons (Fsp3) is 0.278. The van der Waals surface area contributed by atoms with E-state index in [0.717, 1.165) is 17.0 Å². The summed E-state index contributed by atoms with van der Waals surface area (Å²) in [5, 5.41) is 0. The molecule has 2 aliphatic carbocycles. The lowest BCUT2D eigenvalue weighted by molar-refractivity contribution is 0.467. The molecule has 1 saturated carbocycles. The van der Waals surface area contributed by atoms with Gasteiger partial charge in [0.25, 0.3) is 0 Å². The maximum absolute atomic E-state index is 4.64. The molecule has 8 rings (SSSR count). The molecule has 2 aliphatic heterocycles. The Morgan fingerprint density at radius 1 is 0.786 bits per heavy atom. The summed E-state index contributed by atoms with van der Waals surface area (Å²) < 4.78 is 0. The van der Waals surface area contributed by atoms with Gasteiger partial charge in [-0.2, -0.15) is 0 Å². The molecular weight excluding hydrogens is 677 g/mol. The van der Waals surface area contributed by atoms with E-state index in [1.54, 1.807) is 0 Å². The second-order valence-electron chi connectivity index (χ2n) is 17.2. The minimum absolute atomic E-state index is 0.121. The summed E-state index contributed by atoms with van der Waals surface area (Å²) in [7, 11) is 0. The second kappa shape index (κ2) is 15.2. The summed E-state index contributed by atoms with van der Waals surface area (Å²) in [5.41, 5.74) is 18.4. The van der Waals surface area contributed by atoms with Crippen LogP contribution in [-0.4, -0.2) is 6.04 Å². The van der Waals surface area contributed by atoms with Gasteiger partial charge in [-0.1, -0.05) is 174 Å². The molecule has 0 saturated heterocycles. The smallest absolute Gasteiger partial charge is 0.0918 e. The molecule has 2 atom stereocenters. The van der Waals surface area contributed by atoms with Crippen LogP contribution in [0.5, 0.6) is 0 Å². The average molecular weight is 733 g/mol. The SMILES string of the molecule is C=C1/C=C\C=C2\c3ccccc3N(/C1=C/C(C=CN(C1=C=C(C(C)(C)c3ccccc3)C=C1C)c1ccc(C(C)(C)c3ccccc3)cc1)C1CCCC1)C2C. The Kier molecular flexibility index (Phi) is 10.1. The van der Waals surface area contributed by atoms with E-state index in [9.17, 15) is 0 Å². The van der Waals surface area contributed by atoms with E-state index in [4.69, 9.17) is 0 Å². The molecule has 56 heavy (non-hydrogen) atoms. The van der Waals surface area contributed by atoms with E-state index < -0.39 is 0 Å². The van der Waals surface area contributed by atoms with Crippen molar-refractivity contribution in [1.29, 1.82) is 0 Å². The Bertz CT molecular complexity index is 2330. The van der Waals surface area contributed by atoms with E-state index in [2.05, 4.69) is 216 Å². The maximum Gasteiger partial charge on any atom is 0.0918 e. The van der Waals surface area contributed by atoms with Crippen molar-refractivity contribution >= 4 is 16.9 Å². The molecule has 2 nitrogen and oxygen atoms in total. The lowest BCUT2D eigenvalue weighted by atomic mass is 9.78. The van der Waals surface area contributed by atoms with Crippen molar-refractivity contribution in [3.63, 3.8) is 0 Å². The Balaban J connectivity index is 1.23. The molecule has 2 heterocycles. The van der Waals surface area contributed by atoms with E-state index in [1.165, 1.54) is 76.0 Å². The first-order valence-electron chi connectivity index (χ1n) is 20.6. The molecule has 0 N–H and O–H groups in total. The number of para-hydroxylation sites is 1. The minimum Gasteiger partial charge on any atom is -0.333 e. The predicted octanol–water partition coefficient (Wildman–Crippen LogP) is 13.8. The number of hydrogen-bond donors (Lipinski definition) is 0. The van der Waals surface area contributed by atoms with Gasteiger partial charge in [0, 0.05) is 51.2 Å². The summed E-state index contributed by atoms with van der Waals surface area (Å²) in [5.74, 6) is 0.802. The maximum atomic E-state index is 4.64. The average Bonchev–Trinajstić information content (AvgIpc) is 3.96. The summed E-state index contributed by atoms with van der Waals surface area (Å²) >= 11 is 0. The lowest BCUT2D eigenvalue weighted by Gasteiger charge is -2.31. The molecule has 0 radical (unpaired) electrons. The van der Waals surface area contributed by atoms with Crippen LogP contribution >= 0.6 is 0 Å². The fourth-order valence-corrected chi connectivity index (χ4v) is 9.32. The number of anilines is 2. The van der Waals surface area contributed by atoms with Crippen LogP contribution in [0.1, 0.15) is 89.5 Å². The third-order valence-electron chi connectivity index (χ3n) is 13.0. The van der Waals surface area contributed by atoms with Gasteiger partial charge in [0.1, 0.15) is 0 Å². The van der Waals surface area contributed by atoms with Crippen LogP contribution in [0.25, 0.3) is 5.57 Å². The van der Waals surface area contributed by atoms with E-state index >= 15 is 0 Å². The molecule has 4 aliphatic rings. The highest BCUT2D eigenvalue weighted by atomic mass is 15.2. The van der Waals surface area contributed by atoms with Crippen molar-refractivity contribution in [3.8, 4) is 0 Å². The van der Waals surface area contributed by atoms with Crippen LogP contribution in [0, 0.1) is 11.8 Å². The molecule has 2 unspecified atom stereocenters. The first-order chi connectivity index (χ1) is 27.0. The fourth-order valence-electron chi connectivity index (χ4n) is 9.32. The molecule has 282 valence electrons. The van der Waals surface area contributed by atoms with Crippen molar-refractivity contribution in [2.75, 3.05) is 9.80 Å². The quantitative estimate of drug-likeness (QED) is 0.150. The van der Waals surface area contributed by atoms with Crippen LogP contribution in [0.15, 0.2) is 192 Å². The molecule has 2 heteroatoms. The van der Waals surface area contributed by atoms with Crippen LogP contribution in [0.3, 0.4) is 0 Å². The predicted molar refractivity (Wildman–Crippen MR) is 239 cm³/mol. The first kappa shape index (κ1) is 37.4. The van der Waals surface area contributed by atoms with Crippen LogP contribution in [-0.2, 0) is 10.8 Å². The number of hydrogen-bond acceptors (Lipinski definition) is 2. The molecular formula is C54H56N2. The molecule has 4 aromatic rings. The first-order valence-corrected chi connectivity index (χ1v) is 20.6. The molecule has 0 aromatic heterocycles. The molecule has 4 aromatic carbocycles. The van der Waals surface area contributed by atoms with Crippen LogP contribution < -0.4 is 9.80 Å². The standard InChI is InChI=1S/C54H56N2/c1-38-19-18-27-48-40(3)56(50-28-17-16-26-49(48)50)52(38)36-42(41-20-14-15-21-41)33-34-55(47-31-29-45(30-32-47)53(4,5)43-22-10-8-11-23-43)51-37-46(35-39(51)2)54(6,7)44-24-12-9-13-25-44/h8-13,16-19,22-36,40-42H,1,14-15,20-21H2,2-7H3/b19-18-,34-33?,48-27+,52-36+. The summed E-state index contributed by atoms with van der Waals surface area (Å²) in [4.78, 5) is 4.92. The van der Waals surface area contributed by atoms with Crippen molar-refractivity contribution in [3.05, 3.63) is 215 Å². The number of rotatable bonds is 10. The van der Waals surface area contributed by atoms with Gasteiger partial charge in [-0.3, -0.25) is 0 Å². The van der Waals surface area contributed by atoms with Gasteiger partial charge in [0.2, 0.25) is 0 Å². The van der Waals surface area contributed by atoms with Gasteiger partial charge in [0.05, 0.1) is 11.7 Å². The van der Waals surface area contributed by atoms with Gasteiger partial charge in [-0.05, 0) is 90.3 Å². The zero-order valence-electron chi connectivity index (χ0n) is 34.1. The highest BCUT2D eigenvalue weighted by Crippen LogP contribution is 2.46. The largest absolute Gasteiger partial charge is 0.333 e. The zero-order valence-corrected chi connectivity index (χ0v) is 34.1.